The molecular formula is C24H18N4O7. The molecule has 3 aliphatic rings. The average Bonchev–Trinajstić information content (AvgIpc) is 3.31. The molecule has 3 aliphatic heterocycles. The van der Waals surface area contributed by atoms with Crippen molar-refractivity contribution >= 4 is 41.2 Å². The van der Waals surface area contributed by atoms with E-state index in [4.69, 9.17) is 4.74 Å². The normalized spacial score (nSPS) is 24.4. The highest BCUT2D eigenvalue weighted by Crippen LogP contribution is 2.46. The molecule has 0 unspecified atom stereocenters. The Balaban J connectivity index is 1.52. The number of amides is 2. The van der Waals surface area contributed by atoms with E-state index < -0.39 is 52.4 Å². The summed E-state index contributed by atoms with van der Waals surface area (Å²) in [5, 5.41) is 16.9. The van der Waals surface area contributed by atoms with Gasteiger partial charge in [0.25, 0.3) is 5.69 Å². The number of benzene rings is 2. The van der Waals surface area contributed by atoms with Gasteiger partial charge in [-0.1, -0.05) is 18.2 Å². The Morgan fingerprint density at radius 1 is 1.06 bits per heavy atom. The third-order valence-corrected chi connectivity index (χ3v) is 6.26. The Morgan fingerprint density at radius 3 is 2.46 bits per heavy atom. The fourth-order valence-electron chi connectivity index (χ4n) is 4.86. The standard InChI is InChI=1S/C24H18N4O7/c1-13(29)35-17-9-7-15(8-10-17)26-23(31)19-18-6-3-11-25-27(18)21(20(19)24(26)32)22(30)14-4-2-5-16(12-14)28(33)34/h2-12,18-21H,1H3/t18-,19-,20-,21+/m0/s1. The Labute approximate surface area is 198 Å². The van der Waals surface area contributed by atoms with Crippen molar-refractivity contribution in [2.24, 2.45) is 16.9 Å². The van der Waals surface area contributed by atoms with E-state index in [1.54, 1.807) is 12.2 Å². The van der Waals surface area contributed by atoms with Crippen LogP contribution >= 0.6 is 0 Å². The molecule has 0 radical (unpaired) electrons. The van der Waals surface area contributed by atoms with Crippen molar-refractivity contribution in [2.45, 2.75) is 19.0 Å². The lowest BCUT2D eigenvalue weighted by Crippen LogP contribution is -2.46. The van der Waals surface area contributed by atoms with Gasteiger partial charge in [0.1, 0.15) is 11.8 Å². The van der Waals surface area contributed by atoms with Crippen molar-refractivity contribution in [1.29, 1.82) is 0 Å². The third kappa shape index (κ3) is 3.57. The van der Waals surface area contributed by atoms with Crippen LogP contribution in [0.1, 0.15) is 17.3 Å². The van der Waals surface area contributed by atoms with Crippen LogP contribution in [0.5, 0.6) is 5.75 Å². The molecule has 5 rings (SSSR count). The first-order valence-electron chi connectivity index (χ1n) is 10.7. The number of hydrogen-bond donors (Lipinski definition) is 0. The van der Waals surface area contributed by atoms with E-state index in [0.29, 0.717) is 0 Å². The second-order valence-corrected chi connectivity index (χ2v) is 8.29. The van der Waals surface area contributed by atoms with Crippen LogP contribution in [0.25, 0.3) is 0 Å². The zero-order chi connectivity index (χ0) is 24.9. The number of ether oxygens (including phenoxy) is 1. The first-order valence-corrected chi connectivity index (χ1v) is 10.7. The van der Waals surface area contributed by atoms with Crippen molar-refractivity contribution in [2.75, 3.05) is 4.90 Å². The summed E-state index contributed by atoms with van der Waals surface area (Å²) in [4.78, 5) is 63.4. The quantitative estimate of drug-likeness (QED) is 0.160. The van der Waals surface area contributed by atoms with Crippen LogP contribution in [-0.2, 0) is 14.4 Å². The lowest BCUT2D eigenvalue weighted by Gasteiger charge is -2.30. The Morgan fingerprint density at radius 2 is 1.77 bits per heavy atom. The van der Waals surface area contributed by atoms with Gasteiger partial charge >= 0.3 is 5.97 Å². The van der Waals surface area contributed by atoms with Crippen LogP contribution in [0.3, 0.4) is 0 Å². The Bertz CT molecular complexity index is 1330. The zero-order valence-corrected chi connectivity index (χ0v) is 18.3. The second kappa shape index (κ2) is 8.28. The van der Waals surface area contributed by atoms with Crippen molar-refractivity contribution in [3.05, 3.63) is 76.4 Å². The second-order valence-electron chi connectivity index (χ2n) is 8.29. The molecular weight excluding hydrogens is 456 g/mol. The van der Waals surface area contributed by atoms with Gasteiger partial charge in [0, 0.05) is 30.8 Å². The number of nitrogens with zero attached hydrogens (tertiary/aromatic N) is 4. The SMILES string of the molecule is CC(=O)Oc1ccc(N2C(=O)[C@@H]3[C@H](C2=O)[C@H](C(=O)c2cccc([N+](=O)[O-])c2)N2N=CC=C[C@@H]32)cc1. The molecule has 2 amide bonds. The minimum absolute atomic E-state index is 0.0535. The first-order chi connectivity index (χ1) is 16.8. The maximum atomic E-state index is 13.6. The average molecular weight is 474 g/mol. The number of allylic oxidation sites excluding steroid dienone is 1. The number of hydrazone groups is 1. The molecule has 11 heteroatoms. The Kier molecular flexibility index (Phi) is 5.24. The molecule has 2 saturated heterocycles. The number of rotatable bonds is 5. The molecule has 2 aromatic rings. The molecule has 0 spiro atoms. The number of hydrogen-bond acceptors (Lipinski definition) is 9. The number of fused-ring (bicyclic) bond motifs is 3. The van der Waals surface area contributed by atoms with Crippen molar-refractivity contribution in [1.82, 2.24) is 5.01 Å². The van der Waals surface area contributed by atoms with Crippen LogP contribution < -0.4 is 9.64 Å². The summed E-state index contributed by atoms with van der Waals surface area (Å²) in [6, 6.07) is 9.42. The van der Waals surface area contributed by atoms with Gasteiger partial charge in [-0.25, -0.2) is 4.90 Å². The lowest BCUT2D eigenvalue weighted by atomic mass is 9.86. The predicted molar refractivity (Wildman–Crippen MR) is 122 cm³/mol. The van der Waals surface area contributed by atoms with Gasteiger partial charge in [0.2, 0.25) is 11.8 Å². The molecule has 0 saturated carbocycles. The fourth-order valence-corrected chi connectivity index (χ4v) is 4.86. The summed E-state index contributed by atoms with van der Waals surface area (Å²) in [5.41, 5.74) is 0.0757. The van der Waals surface area contributed by atoms with Crippen LogP contribution in [0.15, 0.2) is 65.8 Å². The largest absolute Gasteiger partial charge is 0.427 e. The summed E-state index contributed by atoms with van der Waals surface area (Å²) in [6.45, 7) is 1.26. The van der Waals surface area contributed by atoms with Crippen LogP contribution in [-0.4, -0.2) is 51.8 Å². The number of imide groups is 1. The van der Waals surface area contributed by atoms with Gasteiger partial charge < -0.3 is 4.74 Å². The van der Waals surface area contributed by atoms with Crippen molar-refractivity contribution in [3.63, 3.8) is 0 Å². The van der Waals surface area contributed by atoms with Crippen LogP contribution in [0.4, 0.5) is 11.4 Å². The number of anilines is 1. The van der Waals surface area contributed by atoms with Gasteiger partial charge in [-0.2, -0.15) is 5.10 Å². The van der Waals surface area contributed by atoms with E-state index in [0.717, 1.165) is 11.0 Å². The molecule has 11 nitrogen and oxygen atoms in total. The summed E-state index contributed by atoms with van der Waals surface area (Å²) < 4.78 is 5.00. The van der Waals surface area contributed by atoms with E-state index >= 15 is 0 Å². The van der Waals surface area contributed by atoms with Gasteiger partial charge in [0.05, 0.1) is 28.5 Å². The molecule has 3 heterocycles. The molecule has 0 aliphatic carbocycles. The minimum atomic E-state index is -1.12. The van der Waals surface area contributed by atoms with E-state index in [1.165, 1.54) is 60.6 Å². The smallest absolute Gasteiger partial charge is 0.308 e. The maximum absolute atomic E-state index is 13.6. The number of nitro benzene ring substituents is 1. The number of carbonyl (C=O) groups is 4. The molecule has 0 bridgehead atoms. The highest BCUT2D eigenvalue weighted by Gasteiger charge is 2.64. The van der Waals surface area contributed by atoms with Gasteiger partial charge in [-0.15, -0.1) is 0 Å². The van der Waals surface area contributed by atoms with Crippen molar-refractivity contribution in [3.8, 4) is 5.75 Å². The van der Waals surface area contributed by atoms with Gasteiger partial charge in [-0.05, 0) is 30.3 Å². The lowest BCUT2D eigenvalue weighted by molar-refractivity contribution is -0.384. The molecule has 35 heavy (non-hydrogen) atoms. The summed E-state index contributed by atoms with van der Waals surface area (Å²) in [5.74, 6) is -3.73. The number of esters is 1. The third-order valence-electron chi connectivity index (χ3n) is 6.26. The molecule has 2 aromatic carbocycles. The van der Waals surface area contributed by atoms with E-state index in [2.05, 4.69) is 5.10 Å². The highest BCUT2D eigenvalue weighted by atomic mass is 16.6. The van der Waals surface area contributed by atoms with E-state index in [9.17, 15) is 29.3 Å². The first kappa shape index (κ1) is 22.1. The number of carbonyl (C=O) groups excluding carboxylic acids is 4. The molecule has 4 atom stereocenters. The zero-order valence-electron chi connectivity index (χ0n) is 18.3. The van der Waals surface area contributed by atoms with Gasteiger partial charge in [-0.3, -0.25) is 34.3 Å². The van der Waals surface area contributed by atoms with E-state index in [1.807, 2.05) is 0 Å². The summed E-state index contributed by atoms with van der Waals surface area (Å²) >= 11 is 0. The topological polar surface area (TPSA) is 139 Å². The number of nitro groups is 1. The van der Waals surface area contributed by atoms with Crippen LogP contribution in [0, 0.1) is 22.0 Å². The Hall–Kier alpha value is -4.67. The summed E-state index contributed by atoms with van der Waals surface area (Å²) in [6.07, 6.45) is 4.82. The fraction of sp³-hybridized carbons (Fsp3) is 0.208. The van der Waals surface area contributed by atoms with Crippen molar-refractivity contribution < 1.29 is 28.8 Å². The molecule has 176 valence electrons. The number of Topliss-reactive ketones (excluding diaryl/α,β-unsaturated/α-hetero) is 1. The van der Waals surface area contributed by atoms with E-state index in [-0.39, 0.29) is 22.7 Å². The number of non-ortho nitro benzene ring substituents is 1. The van der Waals surface area contributed by atoms with Gasteiger partial charge in [0.15, 0.2) is 5.78 Å². The highest BCUT2D eigenvalue weighted by molar-refractivity contribution is 6.24. The molecule has 2 fully saturated rings. The predicted octanol–water partition coefficient (Wildman–Crippen LogP) is 2.12. The minimum Gasteiger partial charge on any atom is -0.427 e. The maximum Gasteiger partial charge on any atom is 0.308 e. The number of ketones is 1. The van der Waals surface area contributed by atoms with Crippen LogP contribution in [0.2, 0.25) is 0 Å². The summed E-state index contributed by atoms with van der Waals surface area (Å²) in [7, 11) is 0. The molecule has 0 N–H and O–H groups in total. The monoisotopic (exact) mass is 474 g/mol. The molecule has 0 aromatic heterocycles.